The van der Waals surface area contributed by atoms with Crippen LogP contribution in [-0.2, 0) is 0 Å². The molecule has 0 atom stereocenters. The van der Waals surface area contributed by atoms with E-state index in [0.29, 0.717) is 5.69 Å². The van der Waals surface area contributed by atoms with Crippen molar-refractivity contribution in [2.75, 3.05) is 5.75 Å². The number of allylic oxidation sites excluding steroid dienone is 1. The minimum Gasteiger partial charge on any atom is -0.245 e. The summed E-state index contributed by atoms with van der Waals surface area (Å²) < 4.78 is 0. The molecule has 1 aromatic heterocycles. The minimum atomic E-state index is 0.450. The minimum absolute atomic E-state index is 0.450. The van der Waals surface area contributed by atoms with Crippen LogP contribution < -0.4 is 0 Å². The molecule has 0 bridgehead atoms. The largest absolute Gasteiger partial charge is 0.245 e. The number of pyridine rings is 1. The first-order chi connectivity index (χ1) is 6.36. The van der Waals surface area contributed by atoms with E-state index in [4.69, 9.17) is 5.26 Å². The lowest BCUT2D eigenvalue weighted by Gasteiger charge is -1.91. The van der Waals surface area contributed by atoms with Crippen LogP contribution in [-0.4, -0.2) is 10.7 Å². The van der Waals surface area contributed by atoms with E-state index < -0.39 is 0 Å². The highest BCUT2D eigenvalue weighted by Gasteiger charge is 1.89. The van der Waals surface area contributed by atoms with Gasteiger partial charge >= 0.3 is 0 Å². The summed E-state index contributed by atoms with van der Waals surface area (Å²) in [5.74, 6) is 0.847. The summed E-state index contributed by atoms with van der Waals surface area (Å²) >= 11 is 4.09. The first-order valence-corrected chi connectivity index (χ1v) is 4.63. The number of hydrogen-bond acceptors (Lipinski definition) is 3. The fraction of sp³-hybridized carbons (Fsp3) is 0.200. The van der Waals surface area contributed by atoms with Gasteiger partial charge in [0, 0.05) is 6.20 Å². The van der Waals surface area contributed by atoms with E-state index in [2.05, 4.69) is 17.6 Å². The first kappa shape index (κ1) is 9.82. The highest BCUT2D eigenvalue weighted by Crippen LogP contribution is 2.02. The van der Waals surface area contributed by atoms with Gasteiger partial charge in [0.2, 0.25) is 0 Å². The van der Waals surface area contributed by atoms with Gasteiger partial charge in [-0.25, -0.2) is 4.98 Å². The van der Waals surface area contributed by atoms with Crippen molar-refractivity contribution in [1.82, 2.24) is 4.98 Å². The quantitative estimate of drug-likeness (QED) is 0.742. The van der Waals surface area contributed by atoms with Gasteiger partial charge in [-0.3, -0.25) is 0 Å². The maximum atomic E-state index is 8.50. The van der Waals surface area contributed by atoms with Crippen molar-refractivity contribution in [2.45, 2.75) is 6.42 Å². The topological polar surface area (TPSA) is 36.7 Å². The molecule has 0 fully saturated rings. The Labute approximate surface area is 83.3 Å². The van der Waals surface area contributed by atoms with Gasteiger partial charge < -0.3 is 0 Å². The molecule has 0 saturated carbocycles. The molecule has 3 heteroatoms. The lowest BCUT2D eigenvalue weighted by atomic mass is 10.2. The van der Waals surface area contributed by atoms with E-state index in [1.165, 1.54) is 0 Å². The molecule has 0 radical (unpaired) electrons. The van der Waals surface area contributed by atoms with E-state index in [0.717, 1.165) is 17.7 Å². The molecule has 0 aliphatic carbocycles. The zero-order valence-corrected chi connectivity index (χ0v) is 8.04. The zero-order valence-electron chi connectivity index (χ0n) is 7.14. The Morgan fingerprint density at radius 3 is 2.92 bits per heavy atom. The molecular weight excluding hydrogens is 180 g/mol. The molecule has 1 heterocycles. The van der Waals surface area contributed by atoms with Crippen LogP contribution in [0, 0.1) is 11.3 Å². The van der Waals surface area contributed by atoms with Crippen molar-refractivity contribution < 1.29 is 0 Å². The maximum Gasteiger partial charge on any atom is 0.140 e. The molecule has 0 spiro atoms. The number of hydrogen-bond donors (Lipinski definition) is 1. The van der Waals surface area contributed by atoms with Crippen LogP contribution in [0.3, 0.4) is 0 Å². The van der Waals surface area contributed by atoms with Crippen molar-refractivity contribution >= 4 is 18.7 Å². The normalized spacial score (nSPS) is 10.2. The molecule has 1 rings (SSSR count). The zero-order chi connectivity index (χ0) is 9.52. The van der Waals surface area contributed by atoms with Gasteiger partial charge in [0.05, 0.1) is 0 Å². The number of thiol groups is 1. The fourth-order valence-electron chi connectivity index (χ4n) is 0.864. The Kier molecular flexibility index (Phi) is 4.07. The van der Waals surface area contributed by atoms with Crippen molar-refractivity contribution in [2.24, 2.45) is 0 Å². The Hall–Kier alpha value is -1.27. The average Bonchev–Trinajstić information content (AvgIpc) is 2.19. The number of aromatic nitrogens is 1. The van der Waals surface area contributed by atoms with Crippen LogP contribution in [0.1, 0.15) is 17.7 Å². The molecule has 0 aliphatic rings. The van der Waals surface area contributed by atoms with E-state index in [1.807, 2.05) is 24.3 Å². The molecule has 0 unspecified atom stereocenters. The maximum absolute atomic E-state index is 8.50. The monoisotopic (exact) mass is 190 g/mol. The molecule has 2 nitrogen and oxygen atoms in total. The Bertz CT molecular complexity index is 322. The number of nitriles is 1. The summed E-state index contributed by atoms with van der Waals surface area (Å²) in [6.07, 6.45) is 6.65. The van der Waals surface area contributed by atoms with Gasteiger partial charge in [-0.2, -0.15) is 17.9 Å². The average molecular weight is 190 g/mol. The van der Waals surface area contributed by atoms with E-state index >= 15 is 0 Å². The van der Waals surface area contributed by atoms with Crippen molar-refractivity contribution in [3.63, 3.8) is 0 Å². The van der Waals surface area contributed by atoms with E-state index in [-0.39, 0.29) is 0 Å². The standard InChI is InChI=1S/C10H10N2S/c11-7-10-5-4-9(8-12-10)3-1-2-6-13/h1,3-5,8,13H,2,6H2. The highest BCUT2D eigenvalue weighted by atomic mass is 32.1. The van der Waals surface area contributed by atoms with Gasteiger partial charge in [-0.05, 0) is 23.8 Å². The summed E-state index contributed by atoms with van der Waals surface area (Å²) in [5.41, 5.74) is 1.46. The summed E-state index contributed by atoms with van der Waals surface area (Å²) in [6.45, 7) is 0. The molecule has 66 valence electrons. The molecule has 0 saturated heterocycles. The lowest BCUT2D eigenvalue weighted by Crippen LogP contribution is -1.81. The SMILES string of the molecule is N#Cc1ccc(C=CCCS)cn1. The van der Waals surface area contributed by atoms with Crippen LogP contribution in [0.15, 0.2) is 24.4 Å². The van der Waals surface area contributed by atoms with Crippen molar-refractivity contribution in [3.05, 3.63) is 35.7 Å². The fourth-order valence-corrected chi connectivity index (χ4v) is 1.01. The van der Waals surface area contributed by atoms with Crippen LogP contribution >= 0.6 is 12.6 Å². The van der Waals surface area contributed by atoms with Gasteiger partial charge in [-0.1, -0.05) is 18.2 Å². The van der Waals surface area contributed by atoms with E-state index in [1.54, 1.807) is 12.3 Å². The molecule has 1 aromatic rings. The number of nitrogens with zero attached hydrogens (tertiary/aromatic N) is 2. The van der Waals surface area contributed by atoms with Crippen molar-refractivity contribution in [3.8, 4) is 6.07 Å². The van der Waals surface area contributed by atoms with Gasteiger partial charge in [0.15, 0.2) is 0 Å². The lowest BCUT2D eigenvalue weighted by molar-refractivity contribution is 1.24. The second-order valence-corrected chi connectivity index (χ2v) is 2.95. The first-order valence-electron chi connectivity index (χ1n) is 4.00. The third-order valence-corrected chi connectivity index (χ3v) is 1.77. The molecule has 0 N–H and O–H groups in total. The second kappa shape index (κ2) is 5.39. The molecule has 0 amide bonds. The molecule has 0 aromatic carbocycles. The second-order valence-electron chi connectivity index (χ2n) is 2.50. The highest BCUT2D eigenvalue weighted by molar-refractivity contribution is 7.80. The van der Waals surface area contributed by atoms with Crippen LogP contribution in [0.5, 0.6) is 0 Å². The Morgan fingerprint density at radius 2 is 2.38 bits per heavy atom. The predicted molar refractivity (Wildman–Crippen MR) is 56.5 cm³/mol. The predicted octanol–water partition coefficient (Wildman–Crippen LogP) is 2.29. The number of rotatable bonds is 3. The van der Waals surface area contributed by atoms with E-state index in [9.17, 15) is 0 Å². The molecule has 13 heavy (non-hydrogen) atoms. The molecule has 0 aliphatic heterocycles. The Balaban J connectivity index is 2.65. The Morgan fingerprint density at radius 1 is 1.54 bits per heavy atom. The third kappa shape index (κ3) is 3.30. The smallest absolute Gasteiger partial charge is 0.140 e. The van der Waals surface area contributed by atoms with Gasteiger partial charge in [0.25, 0.3) is 0 Å². The summed E-state index contributed by atoms with van der Waals surface area (Å²) in [7, 11) is 0. The van der Waals surface area contributed by atoms with Gasteiger partial charge in [0.1, 0.15) is 11.8 Å². The van der Waals surface area contributed by atoms with Crippen molar-refractivity contribution in [1.29, 1.82) is 5.26 Å². The van der Waals surface area contributed by atoms with Gasteiger partial charge in [-0.15, -0.1) is 0 Å². The summed E-state index contributed by atoms with van der Waals surface area (Å²) in [6, 6.07) is 5.56. The van der Waals surface area contributed by atoms with Crippen LogP contribution in [0.2, 0.25) is 0 Å². The summed E-state index contributed by atoms with van der Waals surface area (Å²) in [4.78, 5) is 3.94. The summed E-state index contributed by atoms with van der Waals surface area (Å²) in [5, 5.41) is 8.50. The van der Waals surface area contributed by atoms with Crippen LogP contribution in [0.4, 0.5) is 0 Å². The van der Waals surface area contributed by atoms with Crippen LogP contribution in [0.25, 0.3) is 6.08 Å². The third-order valence-electron chi connectivity index (χ3n) is 1.51. The molecular formula is C10H10N2S.